The van der Waals surface area contributed by atoms with E-state index in [1.807, 2.05) is 24.3 Å². The molecule has 64 heavy (non-hydrogen) atoms. The van der Waals surface area contributed by atoms with Crippen molar-refractivity contribution in [1.82, 2.24) is 0 Å². The molecule has 0 bridgehead atoms. The van der Waals surface area contributed by atoms with Gasteiger partial charge in [-0.2, -0.15) is 10.5 Å². The van der Waals surface area contributed by atoms with E-state index in [2.05, 4.69) is 219 Å². The van der Waals surface area contributed by atoms with Crippen LogP contribution in [0.3, 0.4) is 0 Å². The van der Waals surface area contributed by atoms with E-state index in [0.29, 0.717) is 11.1 Å². The lowest BCUT2D eigenvalue weighted by molar-refractivity contribution is 0.875. The first-order valence-corrected chi connectivity index (χ1v) is 22.0. The van der Waals surface area contributed by atoms with Gasteiger partial charge in [0.25, 0.3) is 0 Å². The van der Waals surface area contributed by atoms with Crippen molar-refractivity contribution in [2.75, 3.05) is 9.80 Å². The number of hydrogen-bond acceptors (Lipinski definition) is 4. The third kappa shape index (κ3) is 6.87. The molecule has 10 aromatic rings. The first-order valence-electron chi connectivity index (χ1n) is 22.0. The van der Waals surface area contributed by atoms with E-state index >= 15 is 0 Å². The third-order valence-corrected chi connectivity index (χ3v) is 12.6. The Morgan fingerprint density at radius 3 is 1.06 bits per heavy atom. The fourth-order valence-corrected chi connectivity index (χ4v) is 9.58. The minimum Gasteiger partial charge on any atom is -0.309 e. The van der Waals surface area contributed by atoms with E-state index in [1.165, 1.54) is 32.7 Å². The molecule has 0 N–H and O–H groups in total. The summed E-state index contributed by atoms with van der Waals surface area (Å²) in [6.07, 6.45) is 0. The summed E-state index contributed by atoms with van der Waals surface area (Å²) in [6.45, 7) is 9.16. The van der Waals surface area contributed by atoms with Crippen molar-refractivity contribution in [3.63, 3.8) is 0 Å². The number of para-hydroxylation sites is 2. The molecule has 10 rings (SSSR count). The number of nitrogens with zero attached hydrogens (tertiary/aromatic N) is 4. The van der Waals surface area contributed by atoms with E-state index in [-0.39, 0.29) is 11.8 Å². The Balaban J connectivity index is 1.33. The Hall–Kier alpha value is -8.18. The van der Waals surface area contributed by atoms with Crippen molar-refractivity contribution in [2.24, 2.45) is 0 Å². The maximum absolute atomic E-state index is 9.87. The van der Waals surface area contributed by atoms with Crippen LogP contribution in [0.25, 0.3) is 54.6 Å². The molecule has 0 aliphatic rings. The molecule has 0 amide bonds. The van der Waals surface area contributed by atoms with Crippen molar-refractivity contribution < 1.29 is 0 Å². The molecule has 0 fully saturated rings. The van der Waals surface area contributed by atoms with Gasteiger partial charge in [-0.05, 0) is 128 Å². The smallest absolute Gasteiger partial charge is 0.0991 e. The van der Waals surface area contributed by atoms with Gasteiger partial charge in [0, 0.05) is 33.3 Å². The van der Waals surface area contributed by atoms with Crippen LogP contribution in [-0.2, 0) is 0 Å². The van der Waals surface area contributed by atoms with Crippen LogP contribution >= 0.6 is 0 Å². The van der Waals surface area contributed by atoms with Crippen LogP contribution in [0.5, 0.6) is 0 Å². The molecule has 0 unspecified atom stereocenters. The van der Waals surface area contributed by atoms with Gasteiger partial charge < -0.3 is 9.80 Å². The van der Waals surface area contributed by atoms with Crippen LogP contribution in [-0.4, -0.2) is 0 Å². The summed E-state index contributed by atoms with van der Waals surface area (Å²) < 4.78 is 0. The van der Waals surface area contributed by atoms with Gasteiger partial charge in [0.2, 0.25) is 0 Å². The predicted octanol–water partition coefficient (Wildman–Crippen LogP) is 16.8. The first-order chi connectivity index (χ1) is 31.3. The van der Waals surface area contributed by atoms with Crippen LogP contribution in [0, 0.1) is 22.7 Å². The van der Waals surface area contributed by atoms with Gasteiger partial charge in [0.1, 0.15) is 0 Å². The SMILES string of the molecule is CC(C)c1cc(N(c2ccc(C#N)cc2)c2ccccc2-c2ccccc2)c2ccc3c(C(C)C)cc(N(c4ccc(C#N)cc4)c4ccccc4-c4ccccc4)c4ccc1c2c34. The molecule has 0 heterocycles. The fourth-order valence-electron chi connectivity index (χ4n) is 9.58. The van der Waals surface area contributed by atoms with Crippen LogP contribution in [0.1, 0.15) is 61.8 Å². The van der Waals surface area contributed by atoms with Crippen molar-refractivity contribution in [3.8, 4) is 34.4 Å². The third-order valence-electron chi connectivity index (χ3n) is 12.6. The molecule has 0 saturated carbocycles. The van der Waals surface area contributed by atoms with E-state index in [4.69, 9.17) is 0 Å². The van der Waals surface area contributed by atoms with Gasteiger partial charge in [-0.1, -0.05) is 149 Å². The van der Waals surface area contributed by atoms with Crippen LogP contribution in [0.4, 0.5) is 34.1 Å². The van der Waals surface area contributed by atoms with E-state index < -0.39 is 0 Å². The number of benzene rings is 10. The van der Waals surface area contributed by atoms with Crippen molar-refractivity contribution >= 4 is 66.4 Å². The summed E-state index contributed by atoms with van der Waals surface area (Å²) in [7, 11) is 0. The van der Waals surface area contributed by atoms with E-state index in [0.717, 1.165) is 67.2 Å². The highest BCUT2D eigenvalue weighted by Crippen LogP contribution is 2.52. The molecule has 0 atom stereocenters. The molecule has 4 nitrogen and oxygen atoms in total. The number of hydrogen-bond donors (Lipinski definition) is 0. The maximum atomic E-state index is 9.87. The molecule has 0 aliphatic carbocycles. The standard InChI is InChI=1S/C60H46N4/c1-39(2)53-35-57(63(45-27-23-41(37-61)24-28-45)55-21-13-11-19-47(55)43-15-7-5-8-16-43)51-34-32-50-54(40(3)4)36-58(52-33-31-49(53)59(51)60(50)52)64(46-29-25-42(38-62)26-30-46)56-22-14-12-20-48(56)44-17-9-6-10-18-44/h5-36,39-40H,1-4H3. The van der Waals surface area contributed by atoms with E-state index in [1.54, 1.807) is 0 Å². The average Bonchev–Trinajstić information content (AvgIpc) is 3.35. The second-order valence-corrected chi connectivity index (χ2v) is 17.1. The van der Waals surface area contributed by atoms with Crippen LogP contribution < -0.4 is 9.80 Å². The molecule has 0 aromatic heterocycles. The van der Waals surface area contributed by atoms with Crippen LogP contribution in [0.2, 0.25) is 0 Å². The summed E-state index contributed by atoms with van der Waals surface area (Å²) >= 11 is 0. The molecule has 0 radical (unpaired) electrons. The normalized spacial score (nSPS) is 11.4. The largest absolute Gasteiger partial charge is 0.309 e. The molecule has 306 valence electrons. The zero-order chi connectivity index (χ0) is 43.9. The molecule has 4 heteroatoms. The number of nitriles is 2. The Morgan fingerprint density at radius 1 is 0.359 bits per heavy atom. The lowest BCUT2D eigenvalue weighted by Gasteiger charge is -2.33. The Bertz CT molecular complexity index is 3160. The Morgan fingerprint density at radius 2 is 0.703 bits per heavy atom. The quantitative estimate of drug-likeness (QED) is 0.129. The zero-order valence-electron chi connectivity index (χ0n) is 36.4. The topological polar surface area (TPSA) is 54.1 Å². The van der Waals surface area contributed by atoms with Gasteiger partial charge in [-0.25, -0.2) is 0 Å². The summed E-state index contributed by atoms with van der Waals surface area (Å²) in [5, 5.41) is 27.0. The summed E-state index contributed by atoms with van der Waals surface area (Å²) in [6, 6.07) is 73.2. The average molecular weight is 823 g/mol. The molecular formula is C60H46N4. The van der Waals surface area contributed by atoms with Gasteiger partial charge in [-0.15, -0.1) is 0 Å². The van der Waals surface area contributed by atoms with E-state index in [9.17, 15) is 10.5 Å². The van der Waals surface area contributed by atoms with Gasteiger partial charge in [0.05, 0.1) is 46.0 Å². The molecule has 0 saturated heterocycles. The fraction of sp³-hybridized carbons (Fsp3) is 0.100. The molecule has 10 aromatic carbocycles. The monoisotopic (exact) mass is 822 g/mol. The van der Waals surface area contributed by atoms with Crippen molar-refractivity contribution in [3.05, 3.63) is 216 Å². The van der Waals surface area contributed by atoms with Gasteiger partial charge >= 0.3 is 0 Å². The highest BCUT2D eigenvalue weighted by molar-refractivity contribution is 6.29. The minimum absolute atomic E-state index is 0.215. The van der Waals surface area contributed by atoms with Crippen LogP contribution in [0.15, 0.2) is 194 Å². The molecule has 0 aliphatic heterocycles. The van der Waals surface area contributed by atoms with Gasteiger partial charge in [0.15, 0.2) is 0 Å². The second-order valence-electron chi connectivity index (χ2n) is 17.1. The van der Waals surface area contributed by atoms with Crippen molar-refractivity contribution in [2.45, 2.75) is 39.5 Å². The molecular weight excluding hydrogens is 777 g/mol. The second kappa shape index (κ2) is 16.6. The summed E-state index contributed by atoms with van der Waals surface area (Å²) in [5.41, 5.74) is 14.5. The number of anilines is 6. The molecule has 0 spiro atoms. The van der Waals surface area contributed by atoms with Gasteiger partial charge in [-0.3, -0.25) is 0 Å². The first kappa shape index (κ1) is 39.9. The Labute approximate surface area is 375 Å². The predicted molar refractivity (Wildman–Crippen MR) is 268 cm³/mol. The lowest BCUT2D eigenvalue weighted by Crippen LogP contribution is -2.14. The summed E-state index contributed by atoms with van der Waals surface area (Å²) in [4.78, 5) is 4.79. The maximum Gasteiger partial charge on any atom is 0.0991 e. The number of rotatable bonds is 10. The minimum atomic E-state index is 0.215. The highest BCUT2D eigenvalue weighted by atomic mass is 15.2. The zero-order valence-corrected chi connectivity index (χ0v) is 36.4. The highest BCUT2D eigenvalue weighted by Gasteiger charge is 2.27. The Kier molecular flexibility index (Phi) is 10.4. The van der Waals surface area contributed by atoms with Crippen molar-refractivity contribution in [1.29, 1.82) is 10.5 Å². The summed E-state index contributed by atoms with van der Waals surface area (Å²) in [5.74, 6) is 0.430. The lowest BCUT2D eigenvalue weighted by atomic mass is 9.84.